The highest BCUT2D eigenvalue weighted by molar-refractivity contribution is 6.10. The van der Waals surface area contributed by atoms with Crippen molar-refractivity contribution in [1.29, 1.82) is 0 Å². The molecule has 0 saturated carbocycles. The Bertz CT molecular complexity index is 3140. The van der Waals surface area contributed by atoms with Crippen LogP contribution in [0.4, 0.5) is 0 Å². The maximum atomic E-state index is 5.20. The van der Waals surface area contributed by atoms with E-state index in [2.05, 4.69) is 142 Å². The van der Waals surface area contributed by atoms with E-state index in [1.165, 1.54) is 10.8 Å². The highest BCUT2D eigenvalue weighted by atomic mass is 15.3. The van der Waals surface area contributed by atoms with Gasteiger partial charge < -0.3 is 4.98 Å². The molecule has 0 amide bonds. The van der Waals surface area contributed by atoms with Gasteiger partial charge in [0.1, 0.15) is 0 Å². The van der Waals surface area contributed by atoms with Gasteiger partial charge in [-0.05, 0) is 54.6 Å². The van der Waals surface area contributed by atoms with E-state index in [1.54, 1.807) is 0 Å². The number of nitrogens with one attached hydrogen (secondary N) is 1. The van der Waals surface area contributed by atoms with Crippen LogP contribution in [-0.4, -0.2) is 34.3 Å². The van der Waals surface area contributed by atoms with Gasteiger partial charge in [0.05, 0.1) is 22.4 Å². The third kappa shape index (κ3) is 5.13. The van der Waals surface area contributed by atoms with Crippen LogP contribution in [0.5, 0.6) is 0 Å². The molecular weight excluding hydrogens is 675 g/mol. The zero-order valence-corrected chi connectivity index (χ0v) is 29.5. The Balaban J connectivity index is 1.11. The Hall–Kier alpha value is -7.64. The van der Waals surface area contributed by atoms with Crippen molar-refractivity contribution in [1.82, 2.24) is 34.3 Å². The van der Waals surface area contributed by atoms with Crippen molar-refractivity contribution in [3.63, 3.8) is 0 Å². The van der Waals surface area contributed by atoms with E-state index in [4.69, 9.17) is 20.2 Å². The molecule has 0 spiro atoms. The first-order chi connectivity index (χ1) is 27.3. The van der Waals surface area contributed by atoms with Crippen LogP contribution in [0.1, 0.15) is 0 Å². The fraction of sp³-hybridized carbons (Fsp3) is 0. The van der Waals surface area contributed by atoms with Crippen LogP contribution in [0, 0.1) is 0 Å². The number of hydrogen-bond acceptors (Lipinski definition) is 4. The number of hydrogen-bond donors (Lipinski definition) is 1. The van der Waals surface area contributed by atoms with Crippen LogP contribution >= 0.6 is 0 Å². The number of aromatic amines is 1. The van der Waals surface area contributed by atoms with Crippen molar-refractivity contribution in [2.45, 2.75) is 0 Å². The molecule has 0 aliphatic rings. The van der Waals surface area contributed by atoms with Crippen LogP contribution in [0.2, 0.25) is 0 Å². The highest BCUT2D eigenvalue weighted by Gasteiger charge is 2.21. The minimum absolute atomic E-state index is 0.612. The number of para-hydroxylation sites is 3. The lowest BCUT2D eigenvalue weighted by molar-refractivity contribution is 0.995. The van der Waals surface area contributed by atoms with Gasteiger partial charge in [-0.25, -0.2) is 9.97 Å². The minimum Gasteiger partial charge on any atom is -0.354 e. The molecule has 1 N–H and O–H groups in total. The predicted molar refractivity (Wildman–Crippen MR) is 222 cm³/mol. The summed E-state index contributed by atoms with van der Waals surface area (Å²) in [5, 5.41) is 14.3. The highest BCUT2D eigenvalue weighted by Crippen LogP contribution is 2.37. The van der Waals surface area contributed by atoms with Gasteiger partial charge in [-0.3, -0.25) is 9.13 Å². The summed E-state index contributed by atoms with van der Waals surface area (Å²) in [7, 11) is 0. The fourth-order valence-corrected chi connectivity index (χ4v) is 7.85. The normalized spacial score (nSPS) is 11.6. The summed E-state index contributed by atoms with van der Waals surface area (Å²) in [6.07, 6.45) is 0. The predicted octanol–water partition coefficient (Wildman–Crippen LogP) is 11.5. The van der Waals surface area contributed by atoms with E-state index in [1.807, 2.05) is 54.6 Å². The van der Waals surface area contributed by atoms with E-state index in [-0.39, 0.29) is 0 Å². The molecule has 4 heterocycles. The molecule has 0 fully saturated rings. The largest absolute Gasteiger partial charge is 0.354 e. The van der Waals surface area contributed by atoms with Crippen molar-refractivity contribution in [3.8, 4) is 56.9 Å². The quantitative estimate of drug-likeness (QED) is 0.187. The molecule has 0 aliphatic heterocycles. The lowest BCUT2D eigenvalue weighted by Crippen LogP contribution is -2.04. The maximum absolute atomic E-state index is 5.20. The first-order valence-corrected chi connectivity index (χ1v) is 18.3. The second kappa shape index (κ2) is 12.5. The Morgan fingerprint density at radius 1 is 0.364 bits per heavy atom. The van der Waals surface area contributed by atoms with Gasteiger partial charge in [0.2, 0.25) is 5.95 Å². The van der Waals surface area contributed by atoms with Crippen LogP contribution in [0.3, 0.4) is 0 Å². The molecule has 7 aromatic carbocycles. The van der Waals surface area contributed by atoms with Crippen molar-refractivity contribution in [3.05, 3.63) is 182 Å². The van der Waals surface area contributed by atoms with E-state index in [0.29, 0.717) is 5.95 Å². The summed E-state index contributed by atoms with van der Waals surface area (Å²) in [6, 6.07) is 62.8. The Labute approximate surface area is 315 Å². The van der Waals surface area contributed by atoms with Crippen molar-refractivity contribution >= 4 is 43.6 Å². The molecule has 55 heavy (non-hydrogen) atoms. The summed E-state index contributed by atoms with van der Waals surface area (Å²) >= 11 is 0. The Morgan fingerprint density at radius 2 is 0.909 bits per heavy atom. The molecule has 7 nitrogen and oxygen atoms in total. The van der Waals surface area contributed by atoms with E-state index >= 15 is 0 Å². The number of nitrogens with zero attached hydrogens (tertiary/aromatic N) is 6. The number of fused-ring (bicyclic) bond motifs is 6. The standard InChI is InChI=1S/C48H31N7/c1-4-14-31(15-5-1)41-30-42(32-16-6-2-7-17-32)51-48(50-41)55-44-23-13-11-21-38(44)39-28-33(25-27-45(39)55)46-52-53-47(54(46)35-18-8-3-9-19-35)34-24-26-37-36-20-10-12-22-40(36)49-43(37)29-34/h1-30,49H. The van der Waals surface area contributed by atoms with Crippen LogP contribution < -0.4 is 0 Å². The van der Waals surface area contributed by atoms with E-state index in [9.17, 15) is 0 Å². The number of benzene rings is 7. The van der Waals surface area contributed by atoms with Crippen LogP contribution in [0.25, 0.3) is 101 Å². The first-order valence-electron chi connectivity index (χ1n) is 18.3. The van der Waals surface area contributed by atoms with E-state index < -0.39 is 0 Å². The van der Waals surface area contributed by atoms with Gasteiger partial charge in [0.15, 0.2) is 11.6 Å². The summed E-state index contributed by atoms with van der Waals surface area (Å²) in [4.78, 5) is 14.0. The number of H-pyrrole nitrogens is 1. The van der Waals surface area contributed by atoms with Gasteiger partial charge in [-0.1, -0.05) is 127 Å². The SMILES string of the molecule is c1ccc(-c2cc(-c3ccccc3)nc(-n3c4ccccc4c4cc(-c5nnc(-c6ccc7c(c6)[nH]c6ccccc67)n5-c5ccccc5)ccc43)n2)cc1. The summed E-state index contributed by atoms with van der Waals surface area (Å²) in [5.74, 6) is 2.13. The molecule has 4 aromatic heterocycles. The molecule has 0 bridgehead atoms. The maximum Gasteiger partial charge on any atom is 0.235 e. The summed E-state index contributed by atoms with van der Waals surface area (Å²) in [6.45, 7) is 0. The molecule has 11 aromatic rings. The van der Waals surface area contributed by atoms with Gasteiger partial charge in [-0.2, -0.15) is 0 Å². The minimum atomic E-state index is 0.612. The van der Waals surface area contributed by atoms with Gasteiger partial charge in [0.25, 0.3) is 0 Å². The molecule has 0 saturated heterocycles. The lowest BCUT2D eigenvalue weighted by atomic mass is 10.1. The summed E-state index contributed by atoms with van der Waals surface area (Å²) < 4.78 is 4.33. The molecule has 0 unspecified atom stereocenters. The van der Waals surface area contributed by atoms with Crippen LogP contribution in [-0.2, 0) is 0 Å². The van der Waals surface area contributed by atoms with Crippen molar-refractivity contribution < 1.29 is 0 Å². The smallest absolute Gasteiger partial charge is 0.235 e. The van der Waals surface area contributed by atoms with Crippen molar-refractivity contribution in [2.75, 3.05) is 0 Å². The topological polar surface area (TPSA) is 77.2 Å². The van der Waals surface area contributed by atoms with Crippen LogP contribution in [0.15, 0.2) is 182 Å². The third-order valence-corrected chi connectivity index (χ3v) is 10.4. The van der Waals surface area contributed by atoms with Gasteiger partial charge in [0, 0.05) is 60.5 Å². The monoisotopic (exact) mass is 705 g/mol. The van der Waals surface area contributed by atoms with E-state index in [0.717, 1.165) is 83.8 Å². The molecule has 258 valence electrons. The molecule has 0 aliphatic carbocycles. The second-order valence-electron chi connectivity index (χ2n) is 13.7. The molecule has 0 radical (unpaired) electrons. The average Bonchev–Trinajstić information content (AvgIpc) is 3.96. The number of rotatable bonds is 6. The van der Waals surface area contributed by atoms with Crippen molar-refractivity contribution in [2.24, 2.45) is 0 Å². The molecule has 0 atom stereocenters. The molecule has 11 rings (SSSR count). The molecule has 7 heteroatoms. The fourth-order valence-electron chi connectivity index (χ4n) is 7.85. The van der Waals surface area contributed by atoms with Gasteiger partial charge in [-0.15, -0.1) is 10.2 Å². The lowest BCUT2D eigenvalue weighted by Gasteiger charge is -2.12. The second-order valence-corrected chi connectivity index (χ2v) is 13.7. The zero-order valence-electron chi connectivity index (χ0n) is 29.5. The average molecular weight is 706 g/mol. The van der Waals surface area contributed by atoms with Gasteiger partial charge >= 0.3 is 0 Å². The first kappa shape index (κ1) is 30.9. The Morgan fingerprint density at radius 3 is 1.62 bits per heavy atom. The summed E-state index contributed by atoms with van der Waals surface area (Å²) in [5.41, 5.74) is 10.9. The Kier molecular flexibility index (Phi) is 7.03. The zero-order chi connectivity index (χ0) is 36.3. The number of aromatic nitrogens is 7. The molecular formula is C48H31N7. The third-order valence-electron chi connectivity index (χ3n) is 10.4.